The van der Waals surface area contributed by atoms with Crippen LogP contribution < -0.4 is 4.74 Å². The Bertz CT molecular complexity index is 578. The van der Waals surface area contributed by atoms with Crippen LogP contribution in [0.5, 0.6) is 5.19 Å². The molecule has 6 heteroatoms. The molecule has 0 N–H and O–H groups in total. The second kappa shape index (κ2) is 4.42. The molecule has 0 atom stereocenters. The Kier molecular flexibility index (Phi) is 3.02. The molecule has 1 aliphatic rings. The SMILES string of the molecule is FC1(F)CC(COc2nc3ccc(Br)cc3s2)C1. The third-order valence-corrected chi connectivity index (χ3v) is 4.37. The summed E-state index contributed by atoms with van der Waals surface area (Å²) in [4.78, 5) is 4.31. The Labute approximate surface area is 115 Å². The van der Waals surface area contributed by atoms with Gasteiger partial charge in [-0.1, -0.05) is 27.3 Å². The molecular weight excluding hydrogens is 324 g/mol. The highest BCUT2D eigenvalue weighted by atomic mass is 79.9. The summed E-state index contributed by atoms with van der Waals surface area (Å²) >= 11 is 4.83. The van der Waals surface area contributed by atoms with E-state index >= 15 is 0 Å². The van der Waals surface area contributed by atoms with Crippen LogP contribution in [-0.2, 0) is 0 Å². The molecule has 96 valence electrons. The summed E-state index contributed by atoms with van der Waals surface area (Å²) in [5.74, 6) is -2.52. The van der Waals surface area contributed by atoms with Gasteiger partial charge < -0.3 is 4.74 Å². The summed E-state index contributed by atoms with van der Waals surface area (Å²) in [6, 6.07) is 5.79. The van der Waals surface area contributed by atoms with Gasteiger partial charge in [-0.15, -0.1) is 0 Å². The number of benzene rings is 1. The van der Waals surface area contributed by atoms with Gasteiger partial charge in [0.15, 0.2) is 0 Å². The van der Waals surface area contributed by atoms with Crippen LogP contribution in [-0.4, -0.2) is 17.5 Å². The van der Waals surface area contributed by atoms with Crippen molar-refractivity contribution in [2.45, 2.75) is 18.8 Å². The molecule has 1 heterocycles. The highest BCUT2D eigenvalue weighted by Crippen LogP contribution is 2.42. The average molecular weight is 334 g/mol. The number of hydrogen-bond acceptors (Lipinski definition) is 3. The van der Waals surface area contributed by atoms with E-state index < -0.39 is 5.92 Å². The van der Waals surface area contributed by atoms with Crippen molar-refractivity contribution in [3.05, 3.63) is 22.7 Å². The number of alkyl halides is 2. The minimum atomic E-state index is -2.48. The highest BCUT2D eigenvalue weighted by molar-refractivity contribution is 9.10. The van der Waals surface area contributed by atoms with Gasteiger partial charge in [-0.3, -0.25) is 0 Å². The summed E-state index contributed by atoms with van der Waals surface area (Å²) in [6.45, 7) is 0.330. The first-order chi connectivity index (χ1) is 8.52. The molecule has 0 radical (unpaired) electrons. The van der Waals surface area contributed by atoms with Crippen molar-refractivity contribution in [2.24, 2.45) is 5.92 Å². The van der Waals surface area contributed by atoms with Crippen molar-refractivity contribution in [1.82, 2.24) is 4.98 Å². The van der Waals surface area contributed by atoms with Gasteiger partial charge in [0.25, 0.3) is 5.19 Å². The van der Waals surface area contributed by atoms with E-state index in [4.69, 9.17) is 4.74 Å². The largest absolute Gasteiger partial charge is 0.470 e. The third-order valence-electron chi connectivity index (χ3n) is 2.95. The van der Waals surface area contributed by atoms with Crippen molar-refractivity contribution in [3.63, 3.8) is 0 Å². The average Bonchev–Trinajstić information content (AvgIpc) is 2.65. The van der Waals surface area contributed by atoms with Crippen LogP contribution in [0.25, 0.3) is 10.2 Å². The number of hydrogen-bond donors (Lipinski definition) is 0. The van der Waals surface area contributed by atoms with Crippen molar-refractivity contribution < 1.29 is 13.5 Å². The maximum absolute atomic E-state index is 12.7. The quantitative estimate of drug-likeness (QED) is 0.825. The summed E-state index contributed by atoms with van der Waals surface area (Å²) < 4.78 is 32.8. The van der Waals surface area contributed by atoms with E-state index in [0.29, 0.717) is 11.8 Å². The normalized spacial score (nSPS) is 18.8. The van der Waals surface area contributed by atoms with Crippen LogP contribution in [0.15, 0.2) is 22.7 Å². The topological polar surface area (TPSA) is 22.1 Å². The zero-order valence-corrected chi connectivity index (χ0v) is 11.7. The van der Waals surface area contributed by atoms with Gasteiger partial charge in [-0.05, 0) is 18.2 Å². The number of ether oxygens (including phenoxy) is 1. The molecule has 1 saturated carbocycles. The van der Waals surface area contributed by atoms with Gasteiger partial charge in [0, 0.05) is 23.2 Å². The van der Waals surface area contributed by atoms with Crippen LogP contribution in [0.2, 0.25) is 0 Å². The minimum Gasteiger partial charge on any atom is -0.470 e. The zero-order valence-electron chi connectivity index (χ0n) is 9.33. The zero-order chi connectivity index (χ0) is 12.8. The first-order valence-corrected chi connectivity index (χ1v) is 7.19. The van der Waals surface area contributed by atoms with Crippen molar-refractivity contribution in [3.8, 4) is 5.19 Å². The van der Waals surface area contributed by atoms with Crippen LogP contribution in [0, 0.1) is 5.92 Å². The van der Waals surface area contributed by atoms with Gasteiger partial charge in [0.2, 0.25) is 5.92 Å². The summed E-state index contributed by atoms with van der Waals surface area (Å²) in [5.41, 5.74) is 0.872. The predicted molar refractivity (Wildman–Crippen MR) is 70.5 cm³/mol. The van der Waals surface area contributed by atoms with Crippen molar-refractivity contribution in [2.75, 3.05) is 6.61 Å². The number of fused-ring (bicyclic) bond motifs is 1. The maximum atomic E-state index is 12.7. The van der Waals surface area contributed by atoms with E-state index in [1.807, 2.05) is 18.2 Å². The lowest BCUT2D eigenvalue weighted by molar-refractivity contribution is -0.119. The Hall–Kier alpha value is -0.750. The van der Waals surface area contributed by atoms with Crippen molar-refractivity contribution in [1.29, 1.82) is 0 Å². The molecule has 2 aromatic rings. The van der Waals surface area contributed by atoms with E-state index in [-0.39, 0.29) is 18.8 Å². The molecule has 1 fully saturated rings. The second-order valence-electron chi connectivity index (χ2n) is 4.53. The summed E-state index contributed by atoms with van der Waals surface area (Å²) in [5, 5.41) is 0.554. The minimum absolute atomic E-state index is 0.0428. The fraction of sp³-hybridized carbons (Fsp3) is 0.417. The Morgan fingerprint density at radius 3 is 2.94 bits per heavy atom. The van der Waals surface area contributed by atoms with Gasteiger partial charge in [0.05, 0.1) is 16.8 Å². The fourth-order valence-corrected chi connectivity index (χ4v) is 3.41. The monoisotopic (exact) mass is 333 g/mol. The first-order valence-electron chi connectivity index (χ1n) is 5.59. The molecule has 0 bridgehead atoms. The number of thiazole rings is 1. The lowest BCUT2D eigenvalue weighted by atomic mass is 9.82. The van der Waals surface area contributed by atoms with E-state index in [1.165, 1.54) is 11.3 Å². The number of nitrogens with zero attached hydrogens (tertiary/aromatic N) is 1. The van der Waals surface area contributed by atoms with Gasteiger partial charge in [0.1, 0.15) is 0 Å². The molecule has 1 aliphatic carbocycles. The van der Waals surface area contributed by atoms with Crippen LogP contribution in [0.3, 0.4) is 0 Å². The molecule has 0 aliphatic heterocycles. The van der Waals surface area contributed by atoms with Gasteiger partial charge >= 0.3 is 0 Å². The molecule has 1 aromatic heterocycles. The first kappa shape index (κ1) is 12.3. The molecule has 0 saturated heterocycles. The highest BCUT2D eigenvalue weighted by Gasteiger charge is 2.45. The maximum Gasteiger partial charge on any atom is 0.274 e. The molecule has 18 heavy (non-hydrogen) atoms. The van der Waals surface area contributed by atoms with Gasteiger partial charge in [-0.25, -0.2) is 13.8 Å². The molecule has 0 unspecified atom stereocenters. The van der Waals surface area contributed by atoms with Crippen LogP contribution in [0.4, 0.5) is 8.78 Å². The lowest BCUT2D eigenvalue weighted by Gasteiger charge is -2.34. The van der Waals surface area contributed by atoms with E-state index in [2.05, 4.69) is 20.9 Å². The smallest absolute Gasteiger partial charge is 0.274 e. The third kappa shape index (κ3) is 2.49. The Balaban J connectivity index is 1.65. The summed E-state index contributed by atoms with van der Waals surface area (Å²) in [7, 11) is 0. The molecular formula is C12H10BrF2NOS. The molecule has 0 spiro atoms. The molecule has 1 aromatic carbocycles. The standard InChI is InChI=1S/C12H10BrF2NOS/c13-8-1-2-9-10(3-8)18-11(16-9)17-6-7-4-12(14,15)5-7/h1-3,7H,4-6H2. The molecule has 0 amide bonds. The van der Waals surface area contributed by atoms with Gasteiger partial charge in [-0.2, -0.15) is 0 Å². The van der Waals surface area contributed by atoms with E-state index in [9.17, 15) is 8.78 Å². The van der Waals surface area contributed by atoms with Crippen LogP contribution >= 0.6 is 27.3 Å². The van der Waals surface area contributed by atoms with Crippen molar-refractivity contribution >= 4 is 37.5 Å². The van der Waals surface area contributed by atoms with Crippen LogP contribution in [0.1, 0.15) is 12.8 Å². The Morgan fingerprint density at radius 2 is 2.22 bits per heavy atom. The number of rotatable bonds is 3. The number of aromatic nitrogens is 1. The number of halogens is 3. The second-order valence-corrected chi connectivity index (χ2v) is 6.44. The van der Waals surface area contributed by atoms with E-state index in [1.54, 1.807) is 0 Å². The molecule has 3 rings (SSSR count). The summed E-state index contributed by atoms with van der Waals surface area (Å²) in [6.07, 6.45) is -0.132. The molecule has 2 nitrogen and oxygen atoms in total. The fourth-order valence-electron chi connectivity index (χ4n) is 2.03. The lowest BCUT2D eigenvalue weighted by Crippen LogP contribution is -2.38. The van der Waals surface area contributed by atoms with E-state index in [0.717, 1.165) is 14.7 Å². The Morgan fingerprint density at radius 1 is 1.44 bits per heavy atom. The predicted octanol–water partition coefficient (Wildman–Crippen LogP) is 4.48.